The van der Waals surface area contributed by atoms with Gasteiger partial charge in [-0.2, -0.15) is 9.97 Å². The number of benzene rings is 1. The maximum atomic E-state index is 10.3. The minimum absolute atomic E-state index is 0.0452. The van der Waals surface area contributed by atoms with Crippen molar-refractivity contribution in [3.63, 3.8) is 0 Å². The molecule has 4 N–H and O–H groups in total. The Morgan fingerprint density at radius 1 is 1.23 bits per heavy atom. The van der Waals surface area contributed by atoms with Crippen LogP contribution in [-0.4, -0.2) is 59.8 Å². The Morgan fingerprint density at radius 2 is 2.06 bits per heavy atom. The molecule has 1 unspecified atom stereocenters. The highest BCUT2D eigenvalue weighted by Gasteiger charge is 2.44. The normalized spacial score (nSPS) is 28.1. The van der Waals surface area contributed by atoms with E-state index in [-0.39, 0.29) is 17.2 Å². The minimum Gasteiger partial charge on any atom is -0.394 e. The van der Waals surface area contributed by atoms with E-state index in [0.717, 1.165) is 24.8 Å². The molecule has 1 aliphatic heterocycles. The Kier molecular flexibility index (Phi) is 5.51. The number of imidazole rings is 1. The Labute approximate surface area is 182 Å². The van der Waals surface area contributed by atoms with Gasteiger partial charge >= 0.3 is 0 Å². The number of aliphatic hydroxyl groups is 3. The Balaban J connectivity index is 1.42. The van der Waals surface area contributed by atoms with Gasteiger partial charge in [0.05, 0.1) is 12.9 Å². The molecule has 10 nitrogen and oxygen atoms in total. The van der Waals surface area contributed by atoms with Gasteiger partial charge in [-0.15, -0.1) is 0 Å². The summed E-state index contributed by atoms with van der Waals surface area (Å²) in [4.78, 5) is 18.7. The number of hydrogen-bond donors (Lipinski definition) is 4. The number of ether oxygens (including phenoxy) is 1. The maximum absolute atomic E-state index is 10.3. The van der Waals surface area contributed by atoms with E-state index in [2.05, 4.69) is 32.6 Å². The van der Waals surface area contributed by atoms with Crippen LogP contribution in [0.1, 0.15) is 36.3 Å². The first kappa shape index (κ1) is 20.6. The summed E-state index contributed by atoms with van der Waals surface area (Å²) in [6.07, 6.45) is -0.232. The van der Waals surface area contributed by atoms with Gasteiger partial charge in [0.2, 0.25) is 5.28 Å². The van der Waals surface area contributed by atoms with E-state index in [4.69, 9.17) is 21.2 Å². The summed E-state index contributed by atoms with van der Waals surface area (Å²) >= 11 is 6.13. The van der Waals surface area contributed by atoms with Gasteiger partial charge in [0, 0.05) is 0 Å². The first-order chi connectivity index (χ1) is 15.1. The molecule has 3 heterocycles. The second kappa shape index (κ2) is 8.30. The molecule has 0 saturated carbocycles. The van der Waals surface area contributed by atoms with Crippen molar-refractivity contribution in [2.45, 2.75) is 49.9 Å². The summed E-state index contributed by atoms with van der Waals surface area (Å²) in [6.45, 7) is -0.430. The second-order valence-electron chi connectivity index (χ2n) is 7.69. The van der Waals surface area contributed by atoms with Crippen LogP contribution in [0, 0.1) is 0 Å². The van der Waals surface area contributed by atoms with E-state index in [1.807, 2.05) is 12.1 Å². The molecule has 1 saturated heterocycles. The van der Waals surface area contributed by atoms with Crippen LogP contribution >= 0.6 is 11.6 Å². The van der Waals surface area contributed by atoms with Gasteiger partial charge in [-0.05, 0) is 42.0 Å². The molecule has 0 bridgehead atoms. The summed E-state index contributed by atoms with van der Waals surface area (Å²) in [5, 5.41) is 29.7. The summed E-state index contributed by atoms with van der Waals surface area (Å²) < 4.78 is 7.03. The Hall–Kier alpha value is -2.34. The van der Waals surface area contributed by atoms with E-state index in [0.29, 0.717) is 11.2 Å². The number of hydrogen-bond acceptors (Lipinski definition) is 9. The van der Waals surface area contributed by atoms with Crippen LogP contribution in [0.2, 0.25) is 5.28 Å². The van der Waals surface area contributed by atoms with Crippen molar-refractivity contribution >= 4 is 28.6 Å². The molecule has 5 rings (SSSR count). The van der Waals surface area contributed by atoms with Crippen molar-refractivity contribution < 1.29 is 24.9 Å². The molecule has 2 aromatic heterocycles. The van der Waals surface area contributed by atoms with Crippen molar-refractivity contribution in [3.8, 4) is 0 Å². The molecule has 1 aromatic carbocycles. The lowest BCUT2D eigenvalue weighted by Gasteiger charge is -2.25. The molecule has 2 aliphatic rings. The molecule has 31 heavy (non-hydrogen) atoms. The van der Waals surface area contributed by atoms with E-state index in [1.165, 1.54) is 16.5 Å². The van der Waals surface area contributed by atoms with Crippen LogP contribution in [0.15, 0.2) is 30.6 Å². The number of nitrogens with one attached hydrogen (secondary N) is 1. The van der Waals surface area contributed by atoms with Crippen molar-refractivity contribution in [1.82, 2.24) is 19.5 Å². The van der Waals surface area contributed by atoms with Crippen LogP contribution < -0.4 is 5.48 Å². The van der Waals surface area contributed by atoms with Gasteiger partial charge < -0.3 is 20.1 Å². The number of nitrogens with zero attached hydrogens (tertiary/aromatic N) is 4. The van der Waals surface area contributed by atoms with Crippen LogP contribution in [0.4, 0.5) is 5.82 Å². The maximum Gasteiger partial charge on any atom is 0.226 e. The first-order valence-corrected chi connectivity index (χ1v) is 10.5. The molecule has 5 atom stereocenters. The van der Waals surface area contributed by atoms with Crippen molar-refractivity contribution in [2.75, 3.05) is 12.1 Å². The van der Waals surface area contributed by atoms with Crippen molar-refractivity contribution in [1.29, 1.82) is 0 Å². The second-order valence-corrected chi connectivity index (χ2v) is 8.03. The molecule has 0 spiro atoms. The van der Waals surface area contributed by atoms with Gasteiger partial charge in [-0.1, -0.05) is 24.3 Å². The van der Waals surface area contributed by atoms with Gasteiger partial charge in [0.1, 0.15) is 24.4 Å². The third-order valence-electron chi connectivity index (χ3n) is 5.80. The van der Waals surface area contributed by atoms with Crippen molar-refractivity contribution in [3.05, 3.63) is 47.0 Å². The fourth-order valence-electron chi connectivity index (χ4n) is 4.22. The molecular weight excluding hydrogens is 426 g/mol. The Bertz CT molecular complexity index is 1100. The summed E-state index contributed by atoms with van der Waals surface area (Å²) in [7, 11) is 0. The van der Waals surface area contributed by atoms with Crippen LogP contribution in [-0.2, 0) is 16.0 Å². The zero-order valence-electron chi connectivity index (χ0n) is 16.4. The molecule has 11 heteroatoms. The largest absolute Gasteiger partial charge is 0.394 e. The number of fused-ring (bicyclic) bond motifs is 2. The number of rotatable bonds is 5. The number of aryl methyl sites for hydroxylation is 1. The van der Waals surface area contributed by atoms with E-state index in [9.17, 15) is 15.3 Å². The molecule has 0 radical (unpaired) electrons. The minimum atomic E-state index is -1.27. The third-order valence-corrected chi connectivity index (χ3v) is 5.97. The SMILES string of the molecule is OC[C@H]1O[C@@H](n2cnc3c(NOC4CCCc5ccccc54)nc(Cl)nc32)[C@H](O)[C@@H]1O. The van der Waals surface area contributed by atoms with Gasteiger partial charge in [-0.3, -0.25) is 9.40 Å². The number of halogens is 1. The average molecular weight is 448 g/mol. The highest BCUT2D eigenvalue weighted by atomic mass is 35.5. The molecule has 164 valence electrons. The number of aromatic nitrogens is 4. The molecular formula is C20H22ClN5O5. The van der Waals surface area contributed by atoms with E-state index < -0.39 is 31.1 Å². The monoisotopic (exact) mass is 447 g/mol. The highest BCUT2D eigenvalue weighted by Crippen LogP contribution is 2.35. The first-order valence-electron chi connectivity index (χ1n) is 10.1. The molecule has 1 aliphatic carbocycles. The quantitative estimate of drug-likeness (QED) is 0.339. The molecule has 0 amide bonds. The molecule has 1 fully saturated rings. The topological polar surface area (TPSA) is 135 Å². The molecule has 3 aromatic rings. The van der Waals surface area contributed by atoms with Crippen LogP contribution in [0.5, 0.6) is 0 Å². The fraction of sp³-hybridized carbons (Fsp3) is 0.450. The zero-order chi connectivity index (χ0) is 21.5. The van der Waals surface area contributed by atoms with Crippen LogP contribution in [0.25, 0.3) is 11.2 Å². The lowest BCUT2D eigenvalue weighted by Crippen LogP contribution is -2.33. The van der Waals surface area contributed by atoms with Gasteiger partial charge in [-0.25, -0.2) is 10.5 Å². The standard InChI is InChI=1S/C20H22ClN5O5/c21-20-23-17(25-31-12-7-3-5-10-4-1-2-6-11(10)12)14-18(24-20)26(9-22-14)19-16(29)15(28)13(8-27)30-19/h1-2,4,6,9,12-13,15-16,19,27-29H,3,5,7-8H2,(H,23,24,25)/t12?,13-,15-,16-,19-/m1/s1. The zero-order valence-corrected chi connectivity index (χ0v) is 17.2. The summed E-state index contributed by atoms with van der Waals surface area (Å²) in [5.74, 6) is 0.281. The van der Waals surface area contributed by atoms with Crippen molar-refractivity contribution in [2.24, 2.45) is 0 Å². The average Bonchev–Trinajstić information content (AvgIpc) is 3.32. The highest BCUT2D eigenvalue weighted by molar-refractivity contribution is 6.28. The summed E-state index contributed by atoms with van der Waals surface area (Å²) in [5.41, 5.74) is 5.94. The third kappa shape index (κ3) is 3.65. The predicted octanol–water partition coefficient (Wildman–Crippen LogP) is 1.51. The summed E-state index contributed by atoms with van der Waals surface area (Å²) in [6, 6.07) is 8.17. The number of aliphatic hydroxyl groups excluding tert-OH is 3. The van der Waals surface area contributed by atoms with E-state index in [1.54, 1.807) is 0 Å². The van der Waals surface area contributed by atoms with Crippen LogP contribution in [0.3, 0.4) is 0 Å². The fourth-order valence-corrected chi connectivity index (χ4v) is 4.38. The Morgan fingerprint density at radius 3 is 2.87 bits per heavy atom. The smallest absolute Gasteiger partial charge is 0.226 e. The lowest BCUT2D eigenvalue weighted by molar-refractivity contribution is -0.0511. The van der Waals surface area contributed by atoms with Gasteiger partial charge in [0.15, 0.2) is 23.2 Å². The number of anilines is 1. The van der Waals surface area contributed by atoms with E-state index >= 15 is 0 Å². The predicted molar refractivity (Wildman–Crippen MR) is 110 cm³/mol. The van der Waals surface area contributed by atoms with Gasteiger partial charge in [0.25, 0.3) is 0 Å². The lowest BCUT2D eigenvalue weighted by atomic mass is 9.90.